The lowest BCUT2D eigenvalue weighted by Gasteiger charge is -2.54. The Morgan fingerprint density at radius 1 is 0.591 bits per heavy atom. The van der Waals surface area contributed by atoms with Gasteiger partial charge in [-0.25, -0.2) is 0 Å². The highest BCUT2D eigenvalue weighted by Gasteiger charge is 2.54. The summed E-state index contributed by atoms with van der Waals surface area (Å²) in [6.07, 6.45) is 4.00. The van der Waals surface area contributed by atoms with Gasteiger partial charge in [0.1, 0.15) is 0 Å². The summed E-state index contributed by atoms with van der Waals surface area (Å²) < 4.78 is 0. The Morgan fingerprint density at radius 2 is 1.00 bits per heavy atom. The summed E-state index contributed by atoms with van der Waals surface area (Å²) in [6, 6.07) is 20.0. The smallest absolute Gasteiger partial charge is 0.0448 e. The second kappa shape index (κ2) is 3.67. The third kappa shape index (κ3) is 1.09. The molecular weight excluding hydrogens is 266 g/mol. The summed E-state index contributed by atoms with van der Waals surface area (Å²) in [5, 5.41) is 0. The minimum Gasteiger partial charge on any atom is -0.264 e. The monoisotopic (exact) mass is 283 g/mol. The highest BCUT2D eigenvalue weighted by molar-refractivity contribution is 5.73. The number of benzene rings is 2. The average molecular weight is 283 g/mol. The molecule has 1 heterocycles. The Morgan fingerprint density at radius 3 is 1.50 bits per heavy atom. The zero-order valence-electron chi connectivity index (χ0n) is 12.8. The Hall–Kier alpha value is -2.41. The quantitative estimate of drug-likeness (QED) is 0.595. The third-order valence-electron chi connectivity index (χ3n) is 5.91. The molecule has 6 rings (SSSR count). The van der Waals surface area contributed by atoms with Gasteiger partial charge in [0.2, 0.25) is 0 Å². The van der Waals surface area contributed by atoms with Gasteiger partial charge in [-0.15, -0.1) is 0 Å². The van der Waals surface area contributed by atoms with Crippen LogP contribution in [0.15, 0.2) is 67.0 Å². The number of hydrogen-bond donors (Lipinski definition) is 0. The molecule has 1 heteroatoms. The summed E-state index contributed by atoms with van der Waals surface area (Å²) in [5.41, 5.74) is 8.31. The number of rotatable bonds is 0. The van der Waals surface area contributed by atoms with Gasteiger partial charge in [0.05, 0.1) is 0 Å². The zero-order chi connectivity index (χ0) is 14.9. The van der Waals surface area contributed by atoms with Crippen LogP contribution in [0.2, 0.25) is 0 Å². The van der Waals surface area contributed by atoms with Crippen LogP contribution in [0.5, 0.6) is 0 Å². The molecule has 3 aliphatic carbocycles. The molecule has 2 bridgehead atoms. The SMILES string of the molecule is CC12c3ccccc3C(C)(c3ccccc31)c1cnccc12. The summed E-state index contributed by atoms with van der Waals surface area (Å²) in [5.74, 6) is 0. The van der Waals surface area contributed by atoms with Gasteiger partial charge in [-0.3, -0.25) is 4.98 Å². The van der Waals surface area contributed by atoms with Gasteiger partial charge in [-0.2, -0.15) is 0 Å². The van der Waals surface area contributed by atoms with Gasteiger partial charge in [0, 0.05) is 23.2 Å². The fourth-order valence-corrected chi connectivity index (χ4v) is 4.81. The van der Waals surface area contributed by atoms with E-state index in [1.54, 1.807) is 0 Å². The van der Waals surface area contributed by atoms with E-state index in [4.69, 9.17) is 0 Å². The second-order valence-electron chi connectivity index (χ2n) is 6.76. The van der Waals surface area contributed by atoms with E-state index in [1.807, 2.05) is 6.20 Å². The van der Waals surface area contributed by atoms with Crippen molar-refractivity contribution in [2.75, 3.05) is 0 Å². The number of hydrogen-bond acceptors (Lipinski definition) is 1. The molecule has 3 aliphatic rings. The average Bonchev–Trinajstić information content (AvgIpc) is 2.59. The Balaban J connectivity index is 2.05. The molecule has 0 amide bonds. The molecule has 0 aliphatic heterocycles. The van der Waals surface area contributed by atoms with Crippen molar-refractivity contribution in [1.82, 2.24) is 4.98 Å². The van der Waals surface area contributed by atoms with Crippen LogP contribution in [0, 0.1) is 0 Å². The van der Waals surface area contributed by atoms with Crippen LogP contribution in [0.25, 0.3) is 0 Å². The van der Waals surface area contributed by atoms with Crippen LogP contribution in [0.3, 0.4) is 0 Å². The molecule has 0 saturated heterocycles. The van der Waals surface area contributed by atoms with Gasteiger partial charge in [0.25, 0.3) is 0 Å². The molecule has 2 aromatic carbocycles. The molecule has 0 fully saturated rings. The second-order valence-corrected chi connectivity index (χ2v) is 6.76. The lowest BCUT2D eigenvalue weighted by Crippen LogP contribution is -2.48. The van der Waals surface area contributed by atoms with Crippen LogP contribution < -0.4 is 0 Å². The van der Waals surface area contributed by atoms with E-state index in [0.29, 0.717) is 0 Å². The van der Waals surface area contributed by atoms with Crippen molar-refractivity contribution in [3.05, 3.63) is 100 Å². The predicted octanol–water partition coefficient (Wildman–Crippen LogP) is 4.42. The largest absolute Gasteiger partial charge is 0.264 e. The van der Waals surface area contributed by atoms with Crippen molar-refractivity contribution in [1.29, 1.82) is 0 Å². The molecule has 0 spiro atoms. The minimum atomic E-state index is -0.103. The van der Waals surface area contributed by atoms with E-state index in [-0.39, 0.29) is 10.8 Å². The summed E-state index contributed by atoms with van der Waals surface area (Å²) in [6.45, 7) is 4.71. The molecule has 0 saturated carbocycles. The normalized spacial score (nSPS) is 27.0. The van der Waals surface area contributed by atoms with Gasteiger partial charge >= 0.3 is 0 Å². The van der Waals surface area contributed by atoms with Crippen molar-refractivity contribution >= 4 is 0 Å². The standard InChI is InChI=1S/C21H17N/c1-20-14-7-3-5-9-16(14)21(2,17-10-6-4-8-15(17)20)19-13-22-12-11-18(19)20/h3-13H,1-2H3. The van der Waals surface area contributed by atoms with Crippen LogP contribution >= 0.6 is 0 Å². The Kier molecular flexibility index (Phi) is 2.03. The van der Waals surface area contributed by atoms with Crippen LogP contribution in [-0.2, 0) is 10.8 Å². The minimum absolute atomic E-state index is 0.0801. The summed E-state index contributed by atoms with van der Waals surface area (Å²) >= 11 is 0. The number of aromatic nitrogens is 1. The van der Waals surface area contributed by atoms with Crippen LogP contribution in [0.4, 0.5) is 0 Å². The fourth-order valence-electron chi connectivity index (χ4n) is 4.81. The molecule has 0 unspecified atom stereocenters. The van der Waals surface area contributed by atoms with Crippen LogP contribution in [-0.4, -0.2) is 4.98 Å². The lowest BCUT2D eigenvalue weighted by molar-refractivity contribution is 0.509. The topological polar surface area (TPSA) is 12.9 Å². The van der Waals surface area contributed by atoms with Gasteiger partial charge in [-0.1, -0.05) is 48.5 Å². The Bertz CT molecular complexity index is 729. The van der Waals surface area contributed by atoms with Gasteiger partial charge in [-0.05, 0) is 53.3 Å². The molecule has 106 valence electrons. The molecule has 0 N–H and O–H groups in total. The highest BCUT2D eigenvalue weighted by Crippen LogP contribution is 2.61. The number of nitrogens with zero attached hydrogens (tertiary/aromatic N) is 1. The van der Waals surface area contributed by atoms with E-state index in [9.17, 15) is 0 Å². The first kappa shape index (κ1) is 12.2. The van der Waals surface area contributed by atoms with E-state index in [2.05, 4.69) is 79.6 Å². The molecule has 3 aromatic rings. The zero-order valence-corrected chi connectivity index (χ0v) is 12.8. The summed E-state index contributed by atoms with van der Waals surface area (Å²) in [7, 11) is 0. The van der Waals surface area contributed by atoms with E-state index in [1.165, 1.54) is 33.4 Å². The first-order valence-electron chi connectivity index (χ1n) is 7.83. The lowest BCUT2D eigenvalue weighted by atomic mass is 9.48. The highest BCUT2D eigenvalue weighted by atomic mass is 14.7. The van der Waals surface area contributed by atoms with Gasteiger partial charge in [0.15, 0.2) is 0 Å². The van der Waals surface area contributed by atoms with Crippen molar-refractivity contribution in [2.24, 2.45) is 0 Å². The van der Waals surface area contributed by atoms with E-state index in [0.717, 1.165) is 0 Å². The first-order valence-corrected chi connectivity index (χ1v) is 7.83. The fraction of sp³-hybridized carbons (Fsp3) is 0.190. The van der Waals surface area contributed by atoms with Crippen molar-refractivity contribution in [2.45, 2.75) is 24.7 Å². The molecule has 22 heavy (non-hydrogen) atoms. The first-order chi connectivity index (χ1) is 10.7. The molecule has 0 atom stereocenters. The van der Waals surface area contributed by atoms with E-state index < -0.39 is 0 Å². The molecule has 1 nitrogen and oxygen atoms in total. The van der Waals surface area contributed by atoms with Gasteiger partial charge < -0.3 is 0 Å². The predicted molar refractivity (Wildman–Crippen MR) is 88.2 cm³/mol. The summed E-state index contributed by atoms with van der Waals surface area (Å²) in [4.78, 5) is 4.44. The molecule has 1 aromatic heterocycles. The van der Waals surface area contributed by atoms with Crippen molar-refractivity contribution in [3.63, 3.8) is 0 Å². The number of pyridine rings is 1. The maximum atomic E-state index is 4.44. The van der Waals surface area contributed by atoms with Crippen molar-refractivity contribution < 1.29 is 0 Å². The van der Waals surface area contributed by atoms with Crippen molar-refractivity contribution in [3.8, 4) is 0 Å². The maximum absolute atomic E-state index is 4.44. The molecule has 0 radical (unpaired) electrons. The molecular formula is C21H17N. The van der Waals surface area contributed by atoms with E-state index >= 15 is 0 Å². The third-order valence-corrected chi connectivity index (χ3v) is 5.91. The Labute approximate surface area is 130 Å². The maximum Gasteiger partial charge on any atom is 0.0448 e. The van der Waals surface area contributed by atoms with Crippen LogP contribution in [0.1, 0.15) is 47.2 Å².